The Bertz CT molecular complexity index is 913. The van der Waals surface area contributed by atoms with Gasteiger partial charge in [0.2, 0.25) is 0 Å². The molecule has 1 aliphatic heterocycles. The van der Waals surface area contributed by atoms with Crippen molar-refractivity contribution in [2.75, 3.05) is 19.4 Å². The van der Waals surface area contributed by atoms with Gasteiger partial charge < -0.3 is 14.7 Å². The molecule has 0 radical (unpaired) electrons. The van der Waals surface area contributed by atoms with Crippen LogP contribution in [0.2, 0.25) is 0 Å². The summed E-state index contributed by atoms with van der Waals surface area (Å²) >= 11 is 1.17. The number of rotatable bonds is 13. The highest BCUT2D eigenvalue weighted by atomic mass is 32.2. The van der Waals surface area contributed by atoms with Crippen LogP contribution in [0.3, 0.4) is 0 Å². The van der Waals surface area contributed by atoms with Crippen molar-refractivity contribution in [1.29, 1.82) is 0 Å². The van der Waals surface area contributed by atoms with Gasteiger partial charge in [-0.15, -0.1) is 10.2 Å². The minimum atomic E-state index is -3.46. The van der Waals surface area contributed by atoms with Crippen LogP contribution >= 0.6 is 11.8 Å². The summed E-state index contributed by atoms with van der Waals surface area (Å²) in [7, 11) is 1.49. The highest BCUT2D eigenvalue weighted by Gasteiger charge is 2.39. The number of alkyl halides is 2. The molecule has 2 unspecified atom stereocenters. The first-order valence-corrected chi connectivity index (χ1v) is 11.9. The van der Waals surface area contributed by atoms with Crippen LogP contribution in [0.4, 0.5) is 13.6 Å². The van der Waals surface area contributed by atoms with Crippen LogP contribution in [0.25, 0.3) is 0 Å². The molecule has 2 heterocycles. The molecular formula is C22H29F2N5O3S. The Morgan fingerprint density at radius 2 is 2.18 bits per heavy atom. The minimum absolute atomic E-state index is 0.0648. The topological polar surface area (TPSA) is 104 Å². The number of hydrogen-bond acceptors (Lipinski definition) is 7. The fraction of sp³-hybridized carbons (Fsp3) is 0.545. The number of carbonyl (C=O) groups is 1. The molecule has 2 atom stereocenters. The SMILES string of the molecule is COCc1cccc(C(F)(F)C(O)C=CC2CSC(=O)N2CCCCCCc2nn[nH]n2)c1. The second-order valence-corrected chi connectivity index (χ2v) is 8.89. The smallest absolute Gasteiger partial charge is 0.302 e. The summed E-state index contributed by atoms with van der Waals surface area (Å²) < 4.78 is 34.6. The second-order valence-electron chi connectivity index (χ2n) is 7.92. The molecule has 33 heavy (non-hydrogen) atoms. The van der Waals surface area contributed by atoms with Crippen LogP contribution in [0.1, 0.15) is 42.6 Å². The molecular weight excluding hydrogens is 452 g/mol. The van der Waals surface area contributed by atoms with Crippen LogP contribution < -0.4 is 0 Å². The summed E-state index contributed by atoms with van der Waals surface area (Å²) in [5, 5.41) is 23.9. The number of aryl methyl sites for hydroxylation is 1. The molecule has 2 aromatic rings. The predicted molar refractivity (Wildman–Crippen MR) is 121 cm³/mol. The van der Waals surface area contributed by atoms with Crippen LogP contribution in [-0.2, 0) is 23.7 Å². The predicted octanol–water partition coefficient (Wildman–Crippen LogP) is 3.70. The standard InChI is InChI=1S/C22H29F2N5O3S/c1-32-14-16-7-6-8-17(13-16)22(23,24)19(30)11-10-18-15-33-21(31)29(18)12-5-3-2-4-9-20-25-27-28-26-20/h6-8,10-11,13,18-19,30H,2-5,9,12,14-15H2,1H3,(H,25,26,27,28). The largest absolute Gasteiger partial charge is 0.382 e. The summed E-state index contributed by atoms with van der Waals surface area (Å²) in [6, 6.07) is 5.52. The number of halogens is 2. The zero-order valence-corrected chi connectivity index (χ0v) is 19.3. The molecule has 1 aromatic heterocycles. The average molecular weight is 482 g/mol. The second kappa shape index (κ2) is 12.2. The number of amides is 1. The molecule has 0 saturated carbocycles. The van der Waals surface area contributed by atoms with Crippen LogP contribution in [0.5, 0.6) is 0 Å². The number of aliphatic hydroxyl groups excluding tert-OH is 1. The van der Waals surface area contributed by atoms with E-state index in [-0.39, 0.29) is 23.5 Å². The van der Waals surface area contributed by atoms with E-state index in [1.54, 1.807) is 11.0 Å². The molecule has 180 valence electrons. The van der Waals surface area contributed by atoms with Crippen molar-refractivity contribution in [2.24, 2.45) is 0 Å². The van der Waals surface area contributed by atoms with Crippen molar-refractivity contribution in [3.05, 3.63) is 53.4 Å². The van der Waals surface area contributed by atoms with Gasteiger partial charge in [0, 0.05) is 31.4 Å². The van der Waals surface area contributed by atoms with Crippen molar-refractivity contribution in [1.82, 2.24) is 25.5 Å². The molecule has 1 saturated heterocycles. The Balaban J connectivity index is 1.49. The van der Waals surface area contributed by atoms with Crippen LogP contribution in [0.15, 0.2) is 36.4 Å². The molecule has 11 heteroatoms. The van der Waals surface area contributed by atoms with E-state index in [0.29, 0.717) is 23.7 Å². The summed E-state index contributed by atoms with van der Waals surface area (Å²) in [6.45, 7) is 0.762. The number of hydrogen-bond donors (Lipinski definition) is 2. The van der Waals surface area contributed by atoms with Gasteiger partial charge in [-0.2, -0.15) is 14.0 Å². The van der Waals surface area contributed by atoms with E-state index < -0.39 is 12.0 Å². The van der Waals surface area contributed by atoms with Gasteiger partial charge in [-0.05, 0) is 24.5 Å². The van der Waals surface area contributed by atoms with Gasteiger partial charge in [-0.25, -0.2) is 0 Å². The Kier molecular flexibility index (Phi) is 9.33. The molecule has 0 bridgehead atoms. The number of unbranched alkanes of at least 4 members (excludes halogenated alkanes) is 3. The van der Waals surface area contributed by atoms with Crippen molar-refractivity contribution in [3.8, 4) is 0 Å². The number of thioether (sulfide) groups is 1. The lowest BCUT2D eigenvalue weighted by atomic mass is 10.00. The Hall–Kier alpha value is -2.37. The van der Waals surface area contributed by atoms with Gasteiger partial charge in [0.05, 0.1) is 12.6 Å². The molecule has 2 N–H and O–H groups in total. The maximum atomic E-state index is 14.8. The number of nitrogens with zero attached hydrogens (tertiary/aromatic N) is 4. The third kappa shape index (κ3) is 7.05. The zero-order valence-electron chi connectivity index (χ0n) is 18.5. The van der Waals surface area contributed by atoms with Crippen molar-refractivity contribution < 1.29 is 23.4 Å². The van der Waals surface area contributed by atoms with Gasteiger partial charge in [-0.3, -0.25) is 4.79 Å². The van der Waals surface area contributed by atoms with Gasteiger partial charge in [-0.1, -0.05) is 60.2 Å². The third-order valence-corrected chi connectivity index (χ3v) is 6.45. The number of methoxy groups -OCH3 is 1. The normalized spacial score (nSPS) is 17.9. The van der Waals surface area contributed by atoms with Gasteiger partial charge in [0.25, 0.3) is 5.24 Å². The van der Waals surface area contributed by atoms with E-state index >= 15 is 0 Å². The van der Waals surface area contributed by atoms with E-state index in [9.17, 15) is 18.7 Å². The van der Waals surface area contributed by atoms with Crippen LogP contribution in [-0.4, -0.2) is 67.4 Å². The Morgan fingerprint density at radius 1 is 1.36 bits per heavy atom. The number of carbonyl (C=O) groups excluding carboxylic acids is 1. The quantitative estimate of drug-likeness (QED) is 0.332. The first kappa shape index (κ1) is 25.3. The fourth-order valence-corrected chi connectivity index (χ4v) is 4.65. The number of tetrazole rings is 1. The molecule has 0 aliphatic carbocycles. The average Bonchev–Trinajstić information content (AvgIpc) is 3.45. The lowest BCUT2D eigenvalue weighted by molar-refractivity contribution is -0.0930. The number of H-pyrrole nitrogens is 1. The lowest BCUT2D eigenvalue weighted by Crippen LogP contribution is -2.34. The Morgan fingerprint density at radius 3 is 2.94 bits per heavy atom. The van der Waals surface area contributed by atoms with E-state index in [1.807, 2.05) is 0 Å². The number of benzene rings is 1. The highest BCUT2D eigenvalue weighted by molar-refractivity contribution is 8.13. The van der Waals surface area contributed by atoms with E-state index in [0.717, 1.165) is 38.2 Å². The zero-order chi connectivity index (χ0) is 23.7. The monoisotopic (exact) mass is 481 g/mol. The van der Waals surface area contributed by atoms with Gasteiger partial charge in [0.15, 0.2) is 5.82 Å². The number of ether oxygens (including phenoxy) is 1. The molecule has 3 rings (SSSR count). The van der Waals surface area contributed by atoms with E-state index in [4.69, 9.17) is 4.74 Å². The summed E-state index contributed by atoms with van der Waals surface area (Å²) in [6.07, 6.45) is 5.02. The molecule has 1 amide bonds. The fourth-order valence-electron chi connectivity index (χ4n) is 3.65. The molecule has 1 aliphatic rings. The van der Waals surface area contributed by atoms with Crippen molar-refractivity contribution in [3.63, 3.8) is 0 Å². The minimum Gasteiger partial charge on any atom is -0.382 e. The summed E-state index contributed by atoms with van der Waals surface area (Å²) in [5.74, 6) is -2.29. The van der Waals surface area contributed by atoms with E-state index in [2.05, 4.69) is 20.6 Å². The maximum absolute atomic E-state index is 14.8. The number of aliphatic hydroxyl groups is 1. The van der Waals surface area contributed by atoms with Crippen molar-refractivity contribution >= 4 is 17.0 Å². The lowest BCUT2D eigenvalue weighted by Gasteiger charge is -2.24. The maximum Gasteiger partial charge on any atom is 0.302 e. The molecule has 1 fully saturated rings. The highest BCUT2D eigenvalue weighted by Crippen LogP contribution is 2.34. The first-order valence-electron chi connectivity index (χ1n) is 10.9. The number of nitrogens with one attached hydrogen (secondary N) is 1. The van der Waals surface area contributed by atoms with Gasteiger partial charge in [0.1, 0.15) is 6.10 Å². The molecule has 8 nitrogen and oxygen atoms in total. The number of aromatic amines is 1. The van der Waals surface area contributed by atoms with Crippen LogP contribution in [0, 0.1) is 0 Å². The molecule has 0 spiro atoms. The summed E-state index contributed by atoms with van der Waals surface area (Å²) in [5.41, 5.74) is 0.330. The van der Waals surface area contributed by atoms with E-state index in [1.165, 1.54) is 43.1 Å². The van der Waals surface area contributed by atoms with Gasteiger partial charge >= 0.3 is 5.92 Å². The Labute approximate surface area is 195 Å². The molecule has 1 aromatic carbocycles. The summed E-state index contributed by atoms with van der Waals surface area (Å²) in [4.78, 5) is 13.9. The van der Waals surface area contributed by atoms with Crippen molar-refractivity contribution in [2.45, 2.75) is 56.8 Å². The number of aromatic nitrogens is 4. The third-order valence-electron chi connectivity index (χ3n) is 5.46. The first-order chi connectivity index (χ1) is 15.9.